The number of hydrogen-bond donors (Lipinski definition) is 1. The number of aryl methyl sites for hydroxylation is 1. The van der Waals surface area contributed by atoms with Gasteiger partial charge in [0.25, 0.3) is 0 Å². The van der Waals surface area contributed by atoms with Gasteiger partial charge in [0.2, 0.25) is 0 Å². The SMILES string of the molecule is C[C@@H]1COCCN1c1nc(-c2ccnc3[nH]ccc23)nc2c(-c3ccnn3C)csc12. The van der Waals surface area contributed by atoms with Gasteiger partial charge in [-0.2, -0.15) is 5.10 Å². The maximum Gasteiger partial charge on any atom is 0.163 e. The second kappa shape index (κ2) is 7.14. The van der Waals surface area contributed by atoms with Crippen molar-refractivity contribution >= 4 is 38.4 Å². The highest BCUT2D eigenvalue weighted by molar-refractivity contribution is 7.18. The van der Waals surface area contributed by atoms with E-state index in [0.29, 0.717) is 19.0 Å². The summed E-state index contributed by atoms with van der Waals surface area (Å²) in [6.07, 6.45) is 5.52. The Morgan fingerprint density at radius 3 is 2.94 bits per heavy atom. The molecule has 6 heterocycles. The second-order valence-electron chi connectivity index (χ2n) is 7.75. The molecule has 6 rings (SSSR count). The van der Waals surface area contributed by atoms with Crippen LogP contribution in [-0.2, 0) is 11.8 Å². The average molecular weight is 432 g/mol. The summed E-state index contributed by atoms with van der Waals surface area (Å²) in [5.74, 6) is 1.67. The van der Waals surface area contributed by atoms with Crippen molar-refractivity contribution in [2.24, 2.45) is 7.05 Å². The van der Waals surface area contributed by atoms with Crippen molar-refractivity contribution in [3.63, 3.8) is 0 Å². The predicted octanol–water partition coefficient (Wildman–Crippen LogP) is 3.86. The zero-order valence-corrected chi connectivity index (χ0v) is 18.1. The number of anilines is 1. The van der Waals surface area contributed by atoms with E-state index < -0.39 is 0 Å². The van der Waals surface area contributed by atoms with Crippen molar-refractivity contribution in [1.29, 1.82) is 0 Å². The Balaban J connectivity index is 1.64. The summed E-state index contributed by atoms with van der Waals surface area (Å²) in [6.45, 7) is 4.38. The molecule has 0 spiro atoms. The summed E-state index contributed by atoms with van der Waals surface area (Å²) in [4.78, 5) is 20.1. The first-order chi connectivity index (χ1) is 15.2. The summed E-state index contributed by atoms with van der Waals surface area (Å²) in [7, 11) is 1.96. The summed E-state index contributed by atoms with van der Waals surface area (Å²) < 4.78 is 8.66. The highest BCUT2D eigenvalue weighted by Gasteiger charge is 2.26. The van der Waals surface area contributed by atoms with E-state index in [1.54, 1.807) is 17.5 Å². The van der Waals surface area contributed by atoms with Crippen LogP contribution in [0.1, 0.15) is 6.92 Å². The van der Waals surface area contributed by atoms with Crippen LogP contribution >= 0.6 is 11.3 Å². The van der Waals surface area contributed by atoms with E-state index in [4.69, 9.17) is 14.7 Å². The van der Waals surface area contributed by atoms with Gasteiger partial charge in [0, 0.05) is 54.1 Å². The fourth-order valence-corrected chi connectivity index (χ4v) is 5.24. The minimum atomic E-state index is 0.242. The first-order valence-corrected chi connectivity index (χ1v) is 11.1. The molecule has 0 saturated carbocycles. The maximum absolute atomic E-state index is 5.68. The van der Waals surface area contributed by atoms with E-state index in [0.717, 1.165) is 50.4 Å². The van der Waals surface area contributed by atoms with Crippen molar-refractivity contribution in [3.05, 3.63) is 42.2 Å². The van der Waals surface area contributed by atoms with Gasteiger partial charge in [-0.25, -0.2) is 15.0 Å². The molecule has 9 heteroatoms. The van der Waals surface area contributed by atoms with E-state index in [9.17, 15) is 0 Å². The molecule has 31 heavy (non-hydrogen) atoms. The third-order valence-electron chi connectivity index (χ3n) is 5.84. The highest BCUT2D eigenvalue weighted by atomic mass is 32.1. The molecule has 1 atom stereocenters. The molecule has 0 radical (unpaired) electrons. The number of fused-ring (bicyclic) bond motifs is 2. The zero-order chi connectivity index (χ0) is 20.9. The predicted molar refractivity (Wildman–Crippen MR) is 122 cm³/mol. The summed E-state index contributed by atoms with van der Waals surface area (Å²) >= 11 is 1.69. The van der Waals surface area contributed by atoms with Gasteiger partial charge >= 0.3 is 0 Å². The summed E-state index contributed by atoms with van der Waals surface area (Å²) in [5.41, 5.74) is 4.87. The highest BCUT2D eigenvalue weighted by Crippen LogP contribution is 2.40. The Morgan fingerprint density at radius 2 is 2.10 bits per heavy atom. The summed E-state index contributed by atoms with van der Waals surface area (Å²) in [5, 5.41) is 7.53. The molecule has 5 aromatic heterocycles. The van der Waals surface area contributed by atoms with Gasteiger partial charge < -0.3 is 14.6 Å². The van der Waals surface area contributed by atoms with Crippen LogP contribution in [0.15, 0.2) is 42.2 Å². The largest absolute Gasteiger partial charge is 0.377 e. The molecule has 0 amide bonds. The fraction of sp³-hybridized carbons (Fsp3) is 0.273. The molecular formula is C22H21N7OS. The minimum Gasteiger partial charge on any atom is -0.377 e. The third-order valence-corrected chi connectivity index (χ3v) is 6.80. The number of thiophene rings is 1. The molecule has 0 aliphatic carbocycles. The van der Waals surface area contributed by atoms with E-state index in [-0.39, 0.29) is 6.04 Å². The van der Waals surface area contributed by atoms with Crippen LogP contribution in [-0.4, -0.2) is 55.5 Å². The van der Waals surface area contributed by atoms with Gasteiger partial charge in [-0.1, -0.05) is 0 Å². The molecule has 0 bridgehead atoms. The van der Waals surface area contributed by atoms with Crippen LogP contribution in [0.3, 0.4) is 0 Å². The van der Waals surface area contributed by atoms with Gasteiger partial charge in [-0.3, -0.25) is 4.68 Å². The Hall–Kier alpha value is -3.30. The number of rotatable bonds is 3. The van der Waals surface area contributed by atoms with Crippen LogP contribution in [0.2, 0.25) is 0 Å². The van der Waals surface area contributed by atoms with Crippen LogP contribution in [0.4, 0.5) is 5.82 Å². The monoisotopic (exact) mass is 431 g/mol. The van der Waals surface area contributed by atoms with Crippen molar-refractivity contribution in [2.45, 2.75) is 13.0 Å². The standard InChI is InChI=1S/C22H21N7OS/c1-13-11-30-10-9-29(13)22-19-18(16(12-31-19)17-5-8-25-28(17)2)26-21(27-22)15-4-7-24-20-14(15)3-6-23-20/h3-8,12-13H,9-11H2,1-2H3,(H,23,24)/t13-/m1/s1. The normalized spacial score (nSPS) is 17.1. The molecule has 1 fully saturated rings. The van der Waals surface area contributed by atoms with Gasteiger partial charge in [0.05, 0.1) is 35.2 Å². The number of morpholine rings is 1. The van der Waals surface area contributed by atoms with Crippen molar-refractivity contribution in [3.8, 4) is 22.6 Å². The molecule has 0 aromatic carbocycles. The Kier molecular flexibility index (Phi) is 4.25. The fourth-order valence-electron chi connectivity index (χ4n) is 4.24. The van der Waals surface area contributed by atoms with Crippen molar-refractivity contribution in [1.82, 2.24) is 29.7 Å². The lowest BCUT2D eigenvalue weighted by Crippen LogP contribution is -2.44. The Bertz CT molecular complexity index is 1400. The Labute approximate surface area is 182 Å². The van der Waals surface area contributed by atoms with Crippen LogP contribution < -0.4 is 4.90 Å². The lowest BCUT2D eigenvalue weighted by atomic mass is 10.1. The molecule has 5 aromatic rings. The number of nitrogens with one attached hydrogen (secondary N) is 1. The smallest absolute Gasteiger partial charge is 0.163 e. The number of hydrogen-bond acceptors (Lipinski definition) is 7. The molecule has 1 N–H and O–H groups in total. The second-order valence-corrected chi connectivity index (χ2v) is 8.63. The van der Waals surface area contributed by atoms with Gasteiger partial charge in [-0.05, 0) is 25.1 Å². The molecule has 1 aliphatic rings. The van der Waals surface area contributed by atoms with E-state index in [2.05, 4.69) is 32.3 Å². The number of ether oxygens (including phenoxy) is 1. The molecule has 1 aliphatic heterocycles. The van der Waals surface area contributed by atoms with Crippen LogP contribution in [0, 0.1) is 0 Å². The van der Waals surface area contributed by atoms with Crippen molar-refractivity contribution in [2.75, 3.05) is 24.7 Å². The van der Waals surface area contributed by atoms with Gasteiger partial charge in [-0.15, -0.1) is 11.3 Å². The first kappa shape index (κ1) is 18.5. The number of pyridine rings is 1. The quantitative estimate of drug-likeness (QED) is 0.467. The van der Waals surface area contributed by atoms with Crippen molar-refractivity contribution < 1.29 is 4.74 Å². The van der Waals surface area contributed by atoms with E-state index in [1.807, 2.05) is 42.3 Å². The number of aromatic amines is 1. The minimum absolute atomic E-state index is 0.242. The zero-order valence-electron chi connectivity index (χ0n) is 17.2. The lowest BCUT2D eigenvalue weighted by Gasteiger charge is -2.34. The lowest BCUT2D eigenvalue weighted by molar-refractivity contribution is 0.0987. The summed E-state index contributed by atoms with van der Waals surface area (Å²) in [6, 6.07) is 6.28. The number of nitrogens with zero attached hydrogens (tertiary/aromatic N) is 6. The first-order valence-electron chi connectivity index (χ1n) is 10.2. The maximum atomic E-state index is 5.68. The molecule has 8 nitrogen and oxygen atoms in total. The van der Waals surface area contributed by atoms with Gasteiger partial charge in [0.1, 0.15) is 5.65 Å². The number of H-pyrrole nitrogens is 1. The van der Waals surface area contributed by atoms with Crippen LogP contribution in [0.25, 0.3) is 43.9 Å². The van der Waals surface area contributed by atoms with E-state index >= 15 is 0 Å². The topological polar surface area (TPSA) is 84.8 Å². The molecule has 156 valence electrons. The van der Waals surface area contributed by atoms with Crippen LogP contribution in [0.5, 0.6) is 0 Å². The number of aromatic nitrogens is 6. The molecular weight excluding hydrogens is 410 g/mol. The Morgan fingerprint density at radius 1 is 1.16 bits per heavy atom. The average Bonchev–Trinajstić information content (AvgIpc) is 3.52. The van der Waals surface area contributed by atoms with Gasteiger partial charge in [0.15, 0.2) is 11.6 Å². The van der Waals surface area contributed by atoms with E-state index in [1.165, 1.54) is 0 Å². The molecule has 0 unspecified atom stereocenters. The molecule has 1 saturated heterocycles. The third kappa shape index (κ3) is 2.92.